The SMILES string of the molecule is CCc1noc(C)c1C(=O)N(CCC(=O)O)C(C)C. The highest BCUT2D eigenvalue weighted by Crippen LogP contribution is 2.18. The van der Waals surface area contributed by atoms with Crippen molar-refractivity contribution in [1.29, 1.82) is 0 Å². The summed E-state index contributed by atoms with van der Waals surface area (Å²) in [5.41, 5.74) is 1.07. The third-order valence-corrected chi connectivity index (χ3v) is 2.93. The first kappa shape index (κ1) is 15.2. The van der Waals surface area contributed by atoms with E-state index in [9.17, 15) is 9.59 Å². The maximum absolute atomic E-state index is 12.5. The van der Waals surface area contributed by atoms with Crippen molar-refractivity contribution in [3.63, 3.8) is 0 Å². The van der Waals surface area contributed by atoms with Gasteiger partial charge in [0.25, 0.3) is 5.91 Å². The van der Waals surface area contributed by atoms with E-state index in [1.807, 2.05) is 20.8 Å². The molecule has 0 aliphatic rings. The molecule has 1 aromatic rings. The van der Waals surface area contributed by atoms with Gasteiger partial charge in [0.2, 0.25) is 0 Å². The van der Waals surface area contributed by atoms with Crippen molar-refractivity contribution < 1.29 is 19.2 Å². The third kappa shape index (κ3) is 3.56. The van der Waals surface area contributed by atoms with E-state index in [0.29, 0.717) is 23.4 Å². The van der Waals surface area contributed by atoms with Gasteiger partial charge in [0.15, 0.2) is 0 Å². The van der Waals surface area contributed by atoms with Crippen molar-refractivity contribution in [2.24, 2.45) is 0 Å². The molecular weight excluding hydrogens is 248 g/mol. The maximum atomic E-state index is 12.5. The van der Waals surface area contributed by atoms with Gasteiger partial charge in [-0.15, -0.1) is 0 Å². The topological polar surface area (TPSA) is 83.6 Å². The molecule has 1 rings (SSSR count). The second-order valence-corrected chi connectivity index (χ2v) is 4.65. The number of rotatable bonds is 6. The molecule has 1 aromatic heterocycles. The molecule has 6 nitrogen and oxygen atoms in total. The minimum absolute atomic E-state index is 0.0737. The molecule has 0 saturated heterocycles. The van der Waals surface area contributed by atoms with Crippen LogP contribution in [0, 0.1) is 6.92 Å². The summed E-state index contributed by atoms with van der Waals surface area (Å²) >= 11 is 0. The first-order valence-corrected chi connectivity index (χ1v) is 6.36. The lowest BCUT2D eigenvalue weighted by Gasteiger charge is -2.26. The minimum Gasteiger partial charge on any atom is -0.481 e. The predicted octanol–water partition coefficient (Wildman–Crippen LogP) is 1.87. The van der Waals surface area contributed by atoms with Gasteiger partial charge in [-0.05, 0) is 27.2 Å². The van der Waals surface area contributed by atoms with E-state index in [-0.39, 0.29) is 24.9 Å². The number of aromatic nitrogens is 1. The fourth-order valence-electron chi connectivity index (χ4n) is 1.89. The van der Waals surface area contributed by atoms with Crippen LogP contribution in [0.15, 0.2) is 4.52 Å². The molecule has 0 unspecified atom stereocenters. The second-order valence-electron chi connectivity index (χ2n) is 4.65. The van der Waals surface area contributed by atoms with Gasteiger partial charge in [0, 0.05) is 12.6 Å². The van der Waals surface area contributed by atoms with Crippen molar-refractivity contribution >= 4 is 11.9 Å². The maximum Gasteiger partial charge on any atom is 0.305 e. The highest BCUT2D eigenvalue weighted by Gasteiger charge is 2.26. The van der Waals surface area contributed by atoms with E-state index in [1.54, 1.807) is 6.92 Å². The molecule has 0 aliphatic carbocycles. The Morgan fingerprint density at radius 2 is 2.05 bits per heavy atom. The molecule has 0 fully saturated rings. The fraction of sp³-hybridized carbons (Fsp3) is 0.615. The molecule has 1 heterocycles. The Morgan fingerprint density at radius 1 is 1.42 bits per heavy atom. The Morgan fingerprint density at radius 3 is 2.53 bits per heavy atom. The molecule has 0 aromatic carbocycles. The number of hydrogen-bond donors (Lipinski definition) is 1. The molecule has 6 heteroatoms. The van der Waals surface area contributed by atoms with Crippen molar-refractivity contribution in [2.75, 3.05) is 6.54 Å². The van der Waals surface area contributed by atoms with Crippen LogP contribution in [0.4, 0.5) is 0 Å². The van der Waals surface area contributed by atoms with Crippen LogP contribution in [0.3, 0.4) is 0 Å². The predicted molar refractivity (Wildman–Crippen MR) is 69.0 cm³/mol. The molecule has 0 radical (unpaired) electrons. The standard InChI is InChI=1S/C13H20N2O4/c1-5-10-12(9(4)19-14-10)13(18)15(8(2)3)7-6-11(16)17/h8H,5-7H2,1-4H3,(H,16,17). The normalized spacial score (nSPS) is 10.8. The zero-order valence-electron chi connectivity index (χ0n) is 11.8. The van der Waals surface area contributed by atoms with E-state index < -0.39 is 5.97 Å². The molecule has 0 bridgehead atoms. The molecule has 0 saturated carbocycles. The fourth-order valence-corrected chi connectivity index (χ4v) is 1.89. The highest BCUT2D eigenvalue weighted by atomic mass is 16.5. The van der Waals surface area contributed by atoms with Gasteiger partial charge in [-0.3, -0.25) is 9.59 Å². The first-order valence-electron chi connectivity index (χ1n) is 6.36. The number of carboxylic acids is 1. The Balaban J connectivity index is 2.99. The summed E-state index contributed by atoms with van der Waals surface area (Å²) < 4.78 is 5.05. The molecule has 0 spiro atoms. The van der Waals surface area contributed by atoms with Gasteiger partial charge in [0.05, 0.1) is 12.1 Å². The monoisotopic (exact) mass is 268 g/mol. The Kier molecular flexibility index (Phi) is 5.09. The summed E-state index contributed by atoms with van der Waals surface area (Å²) in [5.74, 6) is -0.661. The molecular formula is C13H20N2O4. The number of carboxylic acid groups (broad SMARTS) is 1. The van der Waals surface area contributed by atoms with Crippen molar-refractivity contribution in [2.45, 2.75) is 46.6 Å². The van der Waals surface area contributed by atoms with Gasteiger partial charge in [-0.1, -0.05) is 12.1 Å². The first-order chi connectivity index (χ1) is 8.88. The zero-order chi connectivity index (χ0) is 14.6. The number of nitrogens with zero attached hydrogens (tertiary/aromatic N) is 2. The molecule has 1 N–H and O–H groups in total. The van der Waals surface area contributed by atoms with Crippen molar-refractivity contribution in [3.05, 3.63) is 17.0 Å². The van der Waals surface area contributed by atoms with Crippen LogP contribution in [0.1, 0.15) is 49.0 Å². The van der Waals surface area contributed by atoms with E-state index in [2.05, 4.69) is 5.16 Å². The Bertz CT molecular complexity index is 465. The van der Waals surface area contributed by atoms with Gasteiger partial charge < -0.3 is 14.5 Å². The lowest BCUT2D eigenvalue weighted by atomic mass is 10.1. The molecule has 0 atom stereocenters. The molecule has 19 heavy (non-hydrogen) atoms. The molecule has 0 aliphatic heterocycles. The number of hydrogen-bond acceptors (Lipinski definition) is 4. The van der Waals surface area contributed by atoms with Crippen LogP contribution in [0.5, 0.6) is 0 Å². The highest BCUT2D eigenvalue weighted by molar-refractivity contribution is 5.96. The largest absolute Gasteiger partial charge is 0.481 e. The van der Waals surface area contributed by atoms with Gasteiger partial charge in [0.1, 0.15) is 11.3 Å². The number of carbonyl (C=O) groups excluding carboxylic acids is 1. The average Bonchev–Trinajstić information content (AvgIpc) is 2.69. The summed E-state index contributed by atoms with van der Waals surface area (Å²) in [7, 11) is 0. The lowest BCUT2D eigenvalue weighted by Crippen LogP contribution is -2.39. The van der Waals surface area contributed by atoms with Gasteiger partial charge >= 0.3 is 5.97 Å². The van der Waals surface area contributed by atoms with Crippen LogP contribution in [0.2, 0.25) is 0 Å². The number of amides is 1. The quantitative estimate of drug-likeness (QED) is 0.851. The summed E-state index contributed by atoms with van der Waals surface area (Å²) in [4.78, 5) is 24.7. The average molecular weight is 268 g/mol. The smallest absolute Gasteiger partial charge is 0.305 e. The summed E-state index contributed by atoms with van der Waals surface area (Å²) in [5, 5.41) is 12.6. The van der Waals surface area contributed by atoms with E-state index >= 15 is 0 Å². The van der Waals surface area contributed by atoms with Crippen molar-refractivity contribution in [1.82, 2.24) is 10.1 Å². The number of carbonyl (C=O) groups is 2. The van der Waals surface area contributed by atoms with Crippen molar-refractivity contribution in [3.8, 4) is 0 Å². The summed E-state index contributed by atoms with van der Waals surface area (Å²) in [6.45, 7) is 7.47. The summed E-state index contributed by atoms with van der Waals surface area (Å²) in [6, 6.07) is -0.0779. The van der Waals surface area contributed by atoms with Crippen LogP contribution < -0.4 is 0 Å². The van der Waals surface area contributed by atoms with Gasteiger partial charge in [-0.2, -0.15) is 0 Å². The van der Waals surface area contributed by atoms with Crippen LogP contribution in [0.25, 0.3) is 0 Å². The summed E-state index contributed by atoms with van der Waals surface area (Å²) in [6.07, 6.45) is 0.527. The minimum atomic E-state index is -0.920. The number of aryl methyl sites for hydroxylation is 2. The third-order valence-electron chi connectivity index (χ3n) is 2.93. The van der Waals surface area contributed by atoms with E-state index in [4.69, 9.17) is 9.63 Å². The second kappa shape index (κ2) is 6.36. The Hall–Kier alpha value is -1.85. The zero-order valence-corrected chi connectivity index (χ0v) is 11.8. The van der Waals surface area contributed by atoms with Crippen LogP contribution in [-0.4, -0.2) is 39.6 Å². The lowest BCUT2D eigenvalue weighted by molar-refractivity contribution is -0.137. The van der Waals surface area contributed by atoms with Crippen LogP contribution in [-0.2, 0) is 11.2 Å². The Labute approximate surface area is 112 Å². The van der Waals surface area contributed by atoms with E-state index in [1.165, 1.54) is 4.90 Å². The van der Waals surface area contributed by atoms with Gasteiger partial charge in [-0.25, -0.2) is 0 Å². The van der Waals surface area contributed by atoms with E-state index in [0.717, 1.165) is 0 Å². The number of aliphatic carboxylic acids is 1. The van der Waals surface area contributed by atoms with Crippen LogP contribution >= 0.6 is 0 Å². The molecule has 1 amide bonds. The molecule has 106 valence electrons.